The molecule has 1 aliphatic rings. The topological polar surface area (TPSA) is 61.4 Å². The number of nitrogens with zero attached hydrogens (tertiary/aromatic N) is 1. The Hall–Kier alpha value is -2.96. The average molecular weight is 434 g/mol. The zero-order valence-electron chi connectivity index (χ0n) is 17.4. The third-order valence-electron chi connectivity index (χ3n) is 5.60. The van der Waals surface area contributed by atoms with E-state index in [4.69, 9.17) is 0 Å². The van der Waals surface area contributed by atoms with Gasteiger partial charge in [-0.1, -0.05) is 66.7 Å². The Morgan fingerprint density at radius 3 is 2.26 bits per heavy atom. The van der Waals surface area contributed by atoms with Gasteiger partial charge in [-0.15, -0.1) is 11.3 Å². The predicted octanol–water partition coefficient (Wildman–Crippen LogP) is 4.00. The van der Waals surface area contributed by atoms with Crippen LogP contribution in [0.15, 0.2) is 78.2 Å². The second-order valence-corrected chi connectivity index (χ2v) is 8.79. The van der Waals surface area contributed by atoms with Gasteiger partial charge in [0.05, 0.1) is 4.88 Å². The van der Waals surface area contributed by atoms with Gasteiger partial charge in [0.2, 0.25) is 5.91 Å². The zero-order chi connectivity index (χ0) is 21.5. The van der Waals surface area contributed by atoms with E-state index in [0.717, 1.165) is 38.0 Å². The number of carbonyl (C=O) groups is 2. The molecule has 1 saturated heterocycles. The largest absolute Gasteiger partial charge is 0.351 e. The SMILES string of the molecule is O=C(N[C@H](C(=O)NC1CCN(Cc2ccccc2)CC1)c1ccccc1)c1cccs1. The van der Waals surface area contributed by atoms with Gasteiger partial charge in [0.1, 0.15) is 6.04 Å². The molecule has 0 saturated carbocycles. The summed E-state index contributed by atoms with van der Waals surface area (Å²) in [5.74, 6) is -0.380. The fraction of sp³-hybridized carbons (Fsp3) is 0.280. The fourth-order valence-electron chi connectivity index (χ4n) is 3.92. The fourth-order valence-corrected chi connectivity index (χ4v) is 4.54. The summed E-state index contributed by atoms with van der Waals surface area (Å²) in [5, 5.41) is 7.95. The van der Waals surface area contributed by atoms with E-state index in [2.05, 4.69) is 39.8 Å². The summed E-state index contributed by atoms with van der Waals surface area (Å²) < 4.78 is 0. The summed E-state index contributed by atoms with van der Waals surface area (Å²) >= 11 is 1.37. The number of rotatable bonds is 7. The molecule has 2 N–H and O–H groups in total. The van der Waals surface area contributed by atoms with E-state index in [-0.39, 0.29) is 17.9 Å². The van der Waals surface area contributed by atoms with Crippen molar-refractivity contribution in [2.24, 2.45) is 0 Å². The second kappa shape index (κ2) is 10.4. The van der Waals surface area contributed by atoms with Gasteiger partial charge in [0, 0.05) is 25.7 Å². The third-order valence-corrected chi connectivity index (χ3v) is 6.47. The van der Waals surface area contributed by atoms with Crippen molar-refractivity contribution in [3.05, 3.63) is 94.2 Å². The van der Waals surface area contributed by atoms with Crippen molar-refractivity contribution in [3.8, 4) is 0 Å². The van der Waals surface area contributed by atoms with Gasteiger partial charge in [-0.25, -0.2) is 0 Å². The van der Waals surface area contributed by atoms with E-state index in [1.807, 2.05) is 47.8 Å². The highest BCUT2D eigenvalue weighted by atomic mass is 32.1. The summed E-state index contributed by atoms with van der Waals surface area (Å²) in [7, 11) is 0. The first-order chi connectivity index (χ1) is 15.2. The Labute approximate surface area is 187 Å². The van der Waals surface area contributed by atoms with Crippen molar-refractivity contribution in [3.63, 3.8) is 0 Å². The number of carbonyl (C=O) groups excluding carboxylic acids is 2. The van der Waals surface area contributed by atoms with Crippen LogP contribution >= 0.6 is 11.3 Å². The first-order valence-electron chi connectivity index (χ1n) is 10.6. The summed E-state index contributed by atoms with van der Waals surface area (Å²) in [4.78, 5) is 28.8. The highest BCUT2D eigenvalue weighted by molar-refractivity contribution is 7.12. The van der Waals surface area contributed by atoms with Gasteiger partial charge in [0.15, 0.2) is 0 Å². The number of piperidine rings is 1. The molecule has 1 aliphatic heterocycles. The second-order valence-electron chi connectivity index (χ2n) is 7.84. The van der Waals surface area contributed by atoms with Crippen LogP contribution in [0.1, 0.15) is 39.7 Å². The van der Waals surface area contributed by atoms with Crippen LogP contribution in [0.5, 0.6) is 0 Å². The average Bonchev–Trinajstić information content (AvgIpc) is 3.35. The normalized spacial score (nSPS) is 15.9. The number of thiophene rings is 1. The quantitative estimate of drug-likeness (QED) is 0.592. The lowest BCUT2D eigenvalue weighted by molar-refractivity contribution is -0.124. The van der Waals surface area contributed by atoms with Crippen molar-refractivity contribution < 1.29 is 9.59 Å². The van der Waals surface area contributed by atoms with Gasteiger partial charge in [0.25, 0.3) is 5.91 Å². The Morgan fingerprint density at radius 2 is 1.61 bits per heavy atom. The Morgan fingerprint density at radius 1 is 0.935 bits per heavy atom. The van der Waals surface area contributed by atoms with Gasteiger partial charge >= 0.3 is 0 Å². The lowest BCUT2D eigenvalue weighted by Crippen LogP contribution is -2.48. The molecule has 2 amide bonds. The van der Waals surface area contributed by atoms with Crippen molar-refractivity contribution in [2.75, 3.05) is 13.1 Å². The summed E-state index contributed by atoms with van der Waals surface area (Å²) in [6.07, 6.45) is 1.80. The van der Waals surface area contributed by atoms with Crippen LogP contribution in [0.2, 0.25) is 0 Å². The van der Waals surface area contributed by atoms with E-state index in [1.54, 1.807) is 6.07 Å². The smallest absolute Gasteiger partial charge is 0.262 e. The maximum atomic E-state index is 13.2. The molecular weight excluding hydrogens is 406 g/mol. The molecule has 1 fully saturated rings. The summed E-state index contributed by atoms with van der Waals surface area (Å²) in [6, 6.07) is 22.9. The van der Waals surface area contributed by atoms with Crippen molar-refractivity contribution in [1.29, 1.82) is 0 Å². The molecular formula is C25H27N3O2S. The number of hydrogen-bond donors (Lipinski definition) is 2. The first-order valence-corrected chi connectivity index (χ1v) is 11.5. The van der Waals surface area contributed by atoms with Gasteiger partial charge in [-0.05, 0) is 35.4 Å². The van der Waals surface area contributed by atoms with Crippen LogP contribution in [-0.2, 0) is 11.3 Å². The van der Waals surface area contributed by atoms with Crippen LogP contribution < -0.4 is 10.6 Å². The Bertz CT molecular complexity index is 969. The first kappa shape index (κ1) is 21.3. The van der Waals surface area contributed by atoms with Crippen LogP contribution in [0.3, 0.4) is 0 Å². The molecule has 160 valence electrons. The van der Waals surface area contributed by atoms with Crippen LogP contribution in [0.25, 0.3) is 0 Å². The minimum Gasteiger partial charge on any atom is -0.351 e. The third kappa shape index (κ3) is 5.81. The van der Waals surface area contributed by atoms with E-state index >= 15 is 0 Å². The molecule has 0 bridgehead atoms. The van der Waals surface area contributed by atoms with Crippen LogP contribution in [-0.4, -0.2) is 35.8 Å². The standard InChI is InChI=1S/C25H27N3O2S/c29-24(22-12-7-17-31-22)27-23(20-10-5-2-6-11-20)25(30)26-21-13-15-28(16-14-21)18-19-8-3-1-4-9-19/h1-12,17,21,23H,13-16,18H2,(H,26,30)(H,27,29)/t23-/m0/s1. The molecule has 0 spiro atoms. The summed E-state index contributed by atoms with van der Waals surface area (Å²) in [6.45, 7) is 2.82. The Kier molecular flexibility index (Phi) is 7.12. The van der Waals surface area contributed by atoms with Gasteiger partial charge in [-0.2, -0.15) is 0 Å². The van der Waals surface area contributed by atoms with Crippen molar-refractivity contribution >= 4 is 23.2 Å². The van der Waals surface area contributed by atoms with Gasteiger partial charge < -0.3 is 10.6 Å². The molecule has 5 nitrogen and oxygen atoms in total. The molecule has 2 aromatic carbocycles. The Balaban J connectivity index is 1.36. The predicted molar refractivity (Wildman–Crippen MR) is 124 cm³/mol. The molecule has 1 atom stereocenters. The lowest BCUT2D eigenvalue weighted by atomic mass is 10.0. The molecule has 3 aromatic rings. The number of nitrogens with one attached hydrogen (secondary N) is 2. The zero-order valence-corrected chi connectivity index (χ0v) is 18.2. The molecule has 1 aromatic heterocycles. The minimum absolute atomic E-state index is 0.115. The molecule has 0 unspecified atom stereocenters. The summed E-state index contributed by atoms with van der Waals surface area (Å²) in [5.41, 5.74) is 2.09. The maximum Gasteiger partial charge on any atom is 0.262 e. The van der Waals surface area contributed by atoms with Crippen molar-refractivity contribution in [1.82, 2.24) is 15.5 Å². The highest BCUT2D eigenvalue weighted by Gasteiger charge is 2.27. The lowest BCUT2D eigenvalue weighted by Gasteiger charge is -2.33. The van der Waals surface area contributed by atoms with Gasteiger partial charge in [-0.3, -0.25) is 14.5 Å². The molecule has 0 radical (unpaired) electrons. The number of likely N-dealkylation sites (tertiary alicyclic amines) is 1. The number of benzene rings is 2. The van der Waals surface area contributed by atoms with E-state index in [1.165, 1.54) is 16.9 Å². The number of amides is 2. The molecule has 0 aliphatic carbocycles. The van der Waals surface area contributed by atoms with Crippen LogP contribution in [0, 0.1) is 0 Å². The molecule has 4 rings (SSSR count). The van der Waals surface area contributed by atoms with E-state index < -0.39 is 6.04 Å². The number of hydrogen-bond acceptors (Lipinski definition) is 4. The highest BCUT2D eigenvalue weighted by Crippen LogP contribution is 2.18. The van der Waals surface area contributed by atoms with E-state index in [0.29, 0.717) is 4.88 Å². The molecule has 31 heavy (non-hydrogen) atoms. The molecule has 2 heterocycles. The van der Waals surface area contributed by atoms with Crippen LogP contribution in [0.4, 0.5) is 0 Å². The molecule has 6 heteroatoms. The van der Waals surface area contributed by atoms with E-state index in [9.17, 15) is 9.59 Å². The maximum absolute atomic E-state index is 13.2. The van der Waals surface area contributed by atoms with Crippen molar-refractivity contribution in [2.45, 2.75) is 31.5 Å². The minimum atomic E-state index is -0.710. The monoisotopic (exact) mass is 433 g/mol.